The number of hydrogen-bond acceptors (Lipinski definition) is 2. The molecule has 0 amide bonds. The lowest BCUT2D eigenvalue weighted by Crippen LogP contribution is -2.45. The fourth-order valence-electron chi connectivity index (χ4n) is 3.69. The maximum atomic E-state index is 5.39. The summed E-state index contributed by atoms with van der Waals surface area (Å²) in [5.74, 6) is 0.928. The van der Waals surface area contributed by atoms with E-state index in [1.807, 2.05) is 7.11 Å². The van der Waals surface area contributed by atoms with Gasteiger partial charge in [-0.3, -0.25) is 4.90 Å². The van der Waals surface area contributed by atoms with Gasteiger partial charge in [-0.15, -0.1) is 0 Å². The molecule has 1 saturated carbocycles. The largest absolute Gasteiger partial charge is 0.383 e. The Bertz CT molecular complexity index is 219. The number of likely N-dealkylation sites (tertiary alicyclic amines) is 1. The number of likely N-dealkylation sites (N-methyl/N-ethyl adjacent to an activating group) is 1. The lowest BCUT2D eigenvalue weighted by atomic mass is 9.90. The third kappa shape index (κ3) is 2.07. The topological polar surface area (TPSA) is 12.5 Å². The van der Waals surface area contributed by atoms with Crippen LogP contribution in [-0.4, -0.2) is 37.2 Å². The molecule has 0 spiro atoms. The van der Waals surface area contributed by atoms with Gasteiger partial charge < -0.3 is 4.74 Å². The lowest BCUT2D eigenvalue weighted by Gasteiger charge is -2.34. The Hall–Kier alpha value is -0.0800. The Kier molecular flexibility index (Phi) is 3.36. The fourth-order valence-corrected chi connectivity index (χ4v) is 3.69. The highest BCUT2D eigenvalue weighted by Gasteiger charge is 2.46. The van der Waals surface area contributed by atoms with Crippen molar-refractivity contribution in [3.63, 3.8) is 0 Å². The first kappa shape index (κ1) is 11.4. The summed E-state index contributed by atoms with van der Waals surface area (Å²) in [6.45, 7) is 3.25. The Morgan fingerprint density at radius 3 is 2.73 bits per heavy atom. The molecule has 1 heterocycles. The van der Waals surface area contributed by atoms with E-state index < -0.39 is 0 Å². The molecule has 2 nitrogen and oxygen atoms in total. The van der Waals surface area contributed by atoms with Crippen LogP contribution in [-0.2, 0) is 4.74 Å². The predicted octanol–water partition coefficient (Wildman–Crippen LogP) is 2.68. The summed E-state index contributed by atoms with van der Waals surface area (Å²) in [4.78, 5) is 2.60. The van der Waals surface area contributed by atoms with Crippen LogP contribution in [0.2, 0.25) is 0 Å². The van der Waals surface area contributed by atoms with Crippen molar-refractivity contribution in [2.75, 3.05) is 20.8 Å². The number of hydrogen-bond donors (Lipinski definition) is 0. The zero-order valence-corrected chi connectivity index (χ0v) is 10.5. The van der Waals surface area contributed by atoms with Gasteiger partial charge in [0.1, 0.15) is 0 Å². The molecule has 0 aromatic heterocycles. The first-order chi connectivity index (χ1) is 7.17. The van der Waals surface area contributed by atoms with Gasteiger partial charge in [0.15, 0.2) is 0 Å². The van der Waals surface area contributed by atoms with Gasteiger partial charge in [-0.1, -0.05) is 19.3 Å². The Balaban J connectivity index is 2.08. The summed E-state index contributed by atoms with van der Waals surface area (Å²) in [6, 6.07) is 0.827. The monoisotopic (exact) mass is 211 g/mol. The zero-order valence-electron chi connectivity index (χ0n) is 10.5. The van der Waals surface area contributed by atoms with Crippen molar-refractivity contribution in [3.8, 4) is 0 Å². The second-order valence-electron chi connectivity index (χ2n) is 5.71. The van der Waals surface area contributed by atoms with Gasteiger partial charge in [-0.25, -0.2) is 0 Å². The Morgan fingerprint density at radius 1 is 1.27 bits per heavy atom. The van der Waals surface area contributed by atoms with E-state index in [1.54, 1.807) is 0 Å². The van der Waals surface area contributed by atoms with Gasteiger partial charge in [-0.05, 0) is 39.2 Å². The maximum Gasteiger partial charge on any atom is 0.0644 e. The van der Waals surface area contributed by atoms with Crippen molar-refractivity contribution in [2.45, 2.75) is 57.0 Å². The minimum Gasteiger partial charge on any atom is -0.383 e. The van der Waals surface area contributed by atoms with E-state index in [2.05, 4.69) is 18.9 Å². The molecule has 0 radical (unpaired) electrons. The summed E-state index contributed by atoms with van der Waals surface area (Å²) >= 11 is 0. The highest BCUT2D eigenvalue weighted by Crippen LogP contribution is 2.43. The van der Waals surface area contributed by atoms with Crippen LogP contribution in [0.15, 0.2) is 0 Å². The number of rotatable bonds is 2. The number of fused-ring (bicyclic) bond motifs is 1. The average molecular weight is 211 g/mol. The van der Waals surface area contributed by atoms with E-state index in [0.717, 1.165) is 18.6 Å². The number of methoxy groups -OCH3 is 1. The standard InChI is InChI=1S/C13H25NO/c1-13(10-15-3)9-11-7-5-4-6-8-12(11)14(13)2/h11-12H,4-10H2,1-3H3. The molecule has 2 fully saturated rings. The van der Waals surface area contributed by atoms with E-state index in [-0.39, 0.29) is 0 Å². The van der Waals surface area contributed by atoms with Crippen molar-refractivity contribution < 1.29 is 4.74 Å². The van der Waals surface area contributed by atoms with E-state index in [9.17, 15) is 0 Å². The second kappa shape index (κ2) is 4.42. The average Bonchev–Trinajstić information content (AvgIpc) is 2.41. The quantitative estimate of drug-likeness (QED) is 0.696. The van der Waals surface area contributed by atoms with Crippen molar-refractivity contribution in [2.24, 2.45) is 5.92 Å². The SMILES string of the molecule is COCC1(C)CC2CCCCCC2N1C. The summed E-state index contributed by atoms with van der Waals surface area (Å²) in [5.41, 5.74) is 0.293. The molecule has 3 atom stereocenters. The molecule has 0 N–H and O–H groups in total. The summed E-state index contributed by atoms with van der Waals surface area (Å²) in [7, 11) is 4.13. The normalized spacial score (nSPS) is 42.6. The second-order valence-corrected chi connectivity index (χ2v) is 5.71. The molecule has 0 bridgehead atoms. The minimum absolute atomic E-state index is 0.293. The molecular weight excluding hydrogens is 186 g/mol. The van der Waals surface area contributed by atoms with Crippen LogP contribution in [0, 0.1) is 5.92 Å². The van der Waals surface area contributed by atoms with Crippen molar-refractivity contribution in [1.29, 1.82) is 0 Å². The fraction of sp³-hybridized carbons (Fsp3) is 1.00. The van der Waals surface area contributed by atoms with E-state index >= 15 is 0 Å². The van der Waals surface area contributed by atoms with Gasteiger partial charge in [-0.2, -0.15) is 0 Å². The third-order valence-corrected chi connectivity index (χ3v) is 4.63. The highest BCUT2D eigenvalue weighted by molar-refractivity contribution is 5.01. The van der Waals surface area contributed by atoms with E-state index in [4.69, 9.17) is 4.74 Å². The van der Waals surface area contributed by atoms with Crippen LogP contribution in [0.1, 0.15) is 45.4 Å². The van der Waals surface area contributed by atoms with Crippen LogP contribution < -0.4 is 0 Å². The number of ether oxygens (including phenoxy) is 1. The van der Waals surface area contributed by atoms with E-state index in [1.165, 1.54) is 38.5 Å². The summed E-state index contributed by atoms with van der Waals surface area (Å²) in [5, 5.41) is 0. The Labute approximate surface area is 94.0 Å². The molecule has 1 aliphatic carbocycles. The third-order valence-electron chi connectivity index (χ3n) is 4.63. The predicted molar refractivity (Wildman–Crippen MR) is 63.0 cm³/mol. The summed E-state index contributed by atoms with van der Waals surface area (Å²) in [6.07, 6.45) is 8.49. The van der Waals surface area contributed by atoms with Crippen molar-refractivity contribution >= 4 is 0 Å². The van der Waals surface area contributed by atoms with Gasteiger partial charge in [0, 0.05) is 18.7 Å². The number of nitrogens with zero attached hydrogens (tertiary/aromatic N) is 1. The Morgan fingerprint density at radius 2 is 2.00 bits per heavy atom. The van der Waals surface area contributed by atoms with Crippen molar-refractivity contribution in [3.05, 3.63) is 0 Å². The molecule has 1 aliphatic heterocycles. The van der Waals surface area contributed by atoms with Gasteiger partial charge in [0.05, 0.1) is 6.61 Å². The zero-order chi connectivity index (χ0) is 10.9. The highest BCUT2D eigenvalue weighted by atomic mass is 16.5. The van der Waals surface area contributed by atoms with Crippen LogP contribution in [0.25, 0.3) is 0 Å². The molecule has 2 heteroatoms. The molecule has 0 aromatic rings. The molecule has 2 rings (SSSR count). The smallest absolute Gasteiger partial charge is 0.0644 e. The minimum atomic E-state index is 0.293. The molecule has 1 saturated heterocycles. The molecule has 88 valence electrons. The first-order valence-electron chi connectivity index (χ1n) is 6.39. The molecule has 15 heavy (non-hydrogen) atoms. The van der Waals surface area contributed by atoms with Crippen LogP contribution in [0.4, 0.5) is 0 Å². The van der Waals surface area contributed by atoms with Gasteiger partial charge in [0.25, 0.3) is 0 Å². The molecule has 3 unspecified atom stereocenters. The van der Waals surface area contributed by atoms with E-state index in [0.29, 0.717) is 5.54 Å². The molecule has 2 aliphatic rings. The van der Waals surface area contributed by atoms with Gasteiger partial charge in [0.2, 0.25) is 0 Å². The van der Waals surface area contributed by atoms with Crippen molar-refractivity contribution in [1.82, 2.24) is 4.90 Å². The van der Waals surface area contributed by atoms with Crippen LogP contribution in [0.3, 0.4) is 0 Å². The van der Waals surface area contributed by atoms with Crippen LogP contribution >= 0.6 is 0 Å². The lowest BCUT2D eigenvalue weighted by molar-refractivity contribution is 0.0478. The maximum absolute atomic E-state index is 5.39. The molecular formula is C13H25NO. The van der Waals surface area contributed by atoms with Crippen LogP contribution in [0.5, 0.6) is 0 Å². The van der Waals surface area contributed by atoms with Gasteiger partial charge >= 0.3 is 0 Å². The first-order valence-corrected chi connectivity index (χ1v) is 6.39. The molecule has 0 aromatic carbocycles. The summed E-state index contributed by atoms with van der Waals surface area (Å²) < 4.78 is 5.39.